The molecule has 1 aromatic carbocycles. The summed E-state index contributed by atoms with van der Waals surface area (Å²) in [6.45, 7) is 2.33. The second kappa shape index (κ2) is 7.83. The molecule has 4 aliphatic carbocycles. The summed E-state index contributed by atoms with van der Waals surface area (Å²) in [4.78, 5) is -0.291. The molecule has 5 rings (SSSR count). The van der Waals surface area contributed by atoms with E-state index in [4.69, 9.17) is 0 Å². The molecule has 2 N–H and O–H groups in total. The van der Waals surface area contributed by atoms with Crippen molar-refractivity contribution in [3.8, 4) is 0 Å². The van der Waals surface area contributed by atoms with Crippen LogP contribution in [-0.4, -0.2) is 29.9 Å². The van der Waals surface area contributed by atoms with E-state index in [2.05, 4.69) is 33.7 Å². The molecular formula is C23H30N2O4S2. The molecule has 168 valence electrons. The third kappa shape index (κ3) is 4.03. The smallest absolute Gasteiger partial charge is 0.211 e. The van der Waals surface area contributed by atoms with Gasteiger partial charge >= 0.3 is 0 Å². The number of hydrogen-bond acceptors (Lipinski definition) is 4. The lowest BCUT2D eigenvalue weighted by atomic mass is 9.94. The number of aryl methyl sites for hydroxylation is 1. The van der Waals surface area contributed by atoms with Crippen molar-refractivity contribution < 1.29 is 16.8 Å². The van der Waals surface area contributed by atoms with Gasteiger partial charge in [-0.1, -0.05) is 36.4 Å². The SMILES string of the molecule is Cc1cccc(S(=O)(=O)NC[C@@H]2C[C@H]3C=C[C@H]2C3)c1S(=O)(=O)NC[C@@H]1C[C@@H]2C=C[C@@H]1C2. The zero-order valence-electron chi connectivity index (χ0n) is 17.7. The molecule has 2 saturated carbocycles. The number of hydrogen-bond donors (Lipinski definition) is 2. The first kappa shape index (κ1) is 21.4. The van der Waals surface area contributed by atoms with Crippen molar-refractivity contribution >= 4 is 20.0 Å². The maximum atomic E-state index is 13.2. The Hall–Kier alpha value is -1.48. The maximum Gasteiger partial charge on any atom is 0.242 e. The molecule has 0 saturated heterocycles. The highest BCUT2D eigenvalue weighted by Crippen LogP contribution is 2.44. The Morgan fingerprint density at radius 3 is 1.81 bits per heavy atom. The lowest BCUT2D eigenvalue weighted by Crippen LogP contribution is -2.35. The van der Waals surface area contributed by atoms with Crippen molar-refractivity contribution in [2.75, 3.05) is 13.1 Å². The van der Waals surface area contributed by atoms with E-state index in [0.29, 0.717) is 42.3 Å². The Labute approximate surface area is 185 Å². The van der Waals surface area contributed by atoms with Crippen LogP contribution >= 0.6 is 0 Å². The third-order valence-electron chi connectivity index (χ3n) is 7.64. The van der Waals surface area contributed by atoms with Gasteiger partial charge in [-0.05, 0) is 79.7 Å². The largest absolute Gasteiger partial charge is 0.242 e. The summed E-state index contributed by atoms with van der Waals surface area (Å²) in [6.07, 6.45) is 13.0. The molecule has 4 bridgehead atoms. The van der Waals surface area contributed by atoms with E-state index < -0.39 is 20.0 Å². The quantitative estimate of drug-likeness (QED) is 0.581. The van der Waals surface area contributed by atoms with Gasteiger partial charge in [-0.2, -0.15) is 0 Å². The van der Waals surface area contributed by atoms with Gasteiger partial charge in [0.25, 0.3) is 0 Å². The molecule has 6 atom stereocenters. The van der Waals surface area contributed by atoms with Gasteiger partial charge in [-0.15, -0.1) is 0 Å². The first-order valence-corrected chi connectivity index (χ1v) is 14.1. The van der Waals surface area contributed by atoms with E-state index in [0.717, 1.165) is 25.7 Å². The van der Waals surface area contributed by atoms with Crippen molar-refractivity contribution in [3.05, 3.63) is 48.1 Å². The van der Waals surface area contributed by atoms with Crippen LogP contribution in [0.4, 0.5) is 0 Å². The Balaban J connectivity index is 1.34. The first-order valence-electron chi connectivity index (χ1n) is 11.2. The molecule has 0 amide bonds. The van der Waals surface area contributed by atoms with Crippen LogP contribution < -0.4 is 9.44 Å². The van der Waals surface area contributed by atoms with E-state index in [1.165, 1.54) is 6.07 Å². The fraction of sp³-hybridized carbons (Fsp3) is 0.565. The number of benzene rings is 1. The summed E-state index contributed by atoms with van der Waals surface area (Å²) in [5.41, 5.74) is 0.436. The summed E-state index contributed by atoms with van der Waals surface area (Å²) in [7, 11) is -7.91. The van der Waals surface area contributed by atoms with Crippen LogP contribution in [0.1, 0.15) is 31.2 Å². The van der Waals surface area contributed by atoms with Gasteiger partial charge in [0, 0.05) is 13.1 Å². The monoisotopic (exact) mass is 462 g/mol. The summed E-state index contributed by atoms with van der Waals surface area (Å²) >= 11 is 0. The Kier molecular flexibility index (Phi) is 5.40. The Morgan fingerprint density at radius 1 is 0.774 bits per heavy atom. The fourth-order valence-electron chi connectivity index (χ4n) is 6.02. The van der Waals surface area contributed by atoms with Crippen LogP contribution in [0.25, 0.3) is 0 Å². The predicted octanol–water partition coefficient (Wildman–Crippen LogP) is 2.98. The molecule has 0 aromatic heterocycles. The van der Waals surface area contributed by atoms with Crippen molar-refractivity contribution in [2.45, 2.75) is 42.4 Å². The van der Waals surface area contributed by atoms with Crippen LogP contribution in [0, 0.1) is 42.4 Å². The molecule has 31 heavy (non-hydrogen) atoms. The van der Waals surface area contributed by atoms with Gasteiger partial charge in [0.2, 0.25) is 20.0 Å². The van der Waals surface area contributed by atoms with Gasteiger partial charge < -0.3 is 0 Å². The zero-order chi connectivity index (χ0) is 21.8. The molecule has 0 unspecified atom stereocenters. The zero-order valence-corrected chi connectivity index (χ0v) is 19.3. The summed E-state index contributed by atoms with van der Waals surface area (Å²) < 4.78 is 58.1. The Bertz CT molecular complexity index is 1140. The standard InChI is InChI=1S/C23H30N2O4S2/c1-15-3-2-4-22(30(26,27)24-13-20-11-16-5-7-18(20)9-16)23(15)31(28,29)25-14-21-12-17-6-8-19(21)10-17/h2-8,16-21,24-25H,9-14H2,1H3/t16-,17+,18-,19+,20-,21-/m0/s1. The minimum atomic E-state index is -3.96. The van der Waals surface area contributed by atoms with Gasteiger partial charge in [0.1, 0.15) is 9.79 Å². The van der Waals surface area contributed by atoms with Crippen LogP contribution in [0.2, 0.25) is 0 Å². The predicted molar refractivity (Wildman–Crippen MR) is 119 cm³/mol. The second-order valence-corrected chi connectivity index (χ2v) is 13.1. The average molecular weight is 463 g/mol. The number of rotatable bonds is 8. The minimum Gasteiger partial charge on any atom is -0.211 e. The van der Waals surface area contributed by atoms with Crippen LogP contribution in [0.5, 0.6) is 0 Å². The highest BCUT2D eigenvalue weighted by Gasteiger charge is 2.38. The van der Waals surface area contributed by atoms with Crippen molar-refractivity contribution in [1.29, 1.82) is 0 Å². The normalized spacial score (nSPS) is 33.6. The van der Waals surface area contributed by atoms with Crippen molar-refractivity contribution in [3.63, 3.8) is 0 Å². The lowest BCUT2D eigenvalue weighted by molar-refractivity contribution is 0.438. The van der Waals surface area contributed by atoms with E-state index in [-0.39, 0.29) is 21.6 Å². The first-order chi connectivity index (χ1) is 14.7. The molecule has 2 fully saturated rings. The molecule has 1 aromatic rings. The van der Waals surface area contributed by atoms with Crippen LogP contribution in [-0.2, 0) is 20.0 Å². The summed E-state index contributed by atoms with van der Waals surface area (Å²) in [5, 5.41) is 0. The van der Waals surface area contributed by atoms with Crippen LogP contribution in [0.15, 0.2) is 52.3 Å². The van der Waals surface area contributed by atoms with Crippen LogP contribution in [0.3, 0.4) is 0 Å². The summed E-state index contributed by atoms with van der Waals surface area (Å²) in [5.74, 6) is 2.51. The second-order valence-electron chi connectivity index (χ2n) is 9.69. The van der Waals surface area contributed by atoms with Crippen molar-refractivity contribution in [2.24, 2.45) is 35.5 Å². The van der Waals surface area contributed by atoms with Gasteiger partial charge in [-0.25, -0.2) is 26.3 Å². The fourth-order valence-corrected chi connectivity index (χ4v) is 9.34. The van der Waals surface area contributed by atoms with E-state index in [1.54, 1.807) is 19.1 Å². The van der Waals surface area contributed by atoms with Gasteiger partial charge in [0.05, 0.1) is 0 Å². The molecule has 0 radical (unpaired) electrons. The van der Waals surface area contributed by atoms with E-state index in [9.17, 15) is 16.8 Å². The number of fused-ring (bicyclic) bond motifs is 4. The molecule has 0 aliphatic heterocycles. The Morgan fingerprint density at radius 2 is 1.32 bits per heavy atom. The topological polar surface area (TPSA) is 92.3 Å². The highest BCUT2D eigenvalue weighted by atomic mass is 32.2. The van der Waals surface area contributed by atoms with E-state index in [1.807, 2.05) is 0 Å². The van der Waals surface area contributed by atoms with Gasteiger partial charge in [0.15, 0.2) is 0 Å². The number of nitrogens with one attached hydrogen (secondary N) is 2. The maximum absolute atomic E-state index is 13.2. The average Bonchev–Trinajstić information content (AvgIpc) is 3.52. The van der Waals surface area contributed by atoms with Gasteiger partial charge in [-0.3, -0.25) is 0 Å². The molecule has 6 nitrogen and oxygen atoms in total. The van der Waals surface area contributed by atoms with E-state index >= 15 is 0 Å². The third-order valence-corrected chi connectivity index (χ3v) is 10.9. The lowest BCUT2D eigenvalue weighted by Gasteiger charge is -2.21. The molecule has 0 heterocycles. The molecule has 0 spiro atoms. The number of allylic oxidation sites excluding steroid dienone is 4. The highest BCUT2D eigenvalue weighted by molar-refractivity contribution is 7.92. The summed E-state index contributed by atoms with van der Waals surface area (Å²) in [6, 6.07) is 4.64. The molecule has 4 aliphatic rings. The number of sulfonamides is 2. The van der Waals surface area contributed by atoms with Crippen molar-refractivity contribution in [1.82, 2.24) is 9.44 Å². The molecular weight excluding hydrogens is 432 g/mol. The minimum absolute atomic E-state index is 0.131. The molecule has 8 heteroatoms.